The molecule has 2 rings (SSSR count). The van der Waals surface area contributed by atoms with Gasteiger partial charge in [0.2, 0.25) is 5.78 Å². The second-order valence-electron chi connectivity index (χ2n) is 5.35. The average Bonchev–Trinajstić information content (AvgIpc) is 2.78. The molecule has 0 amide bonds. The topological polar surface area (TPSA) is 33.4 Å². The summed E-state index contributed by atoms with van der Waals surface area (Å²) in [5, 5.41) is 0. The lowest BCUT2D eigenvalue weighted by molar-refractivity contribution is 0.265. The van der Waals surface area contributed by atoms with E-state index < -0.39 is 0 Å². The van der Waals surface area contributed by atoms with Crippen molar-refractivity contribution in [1.29, 1.82) is 0 Å². The van der Waals surface area contributed by atoms with Crippen LogP contribution in [-0.2, 0) is 6.54 Å². The number of rotatable bonds is 6. The highest BCUT2D eigenvalue weighted by molar-refractivity contribution is 7.99. The minimum absolute atomic E-state index is 0.559. The largest absolute Gasteiger partial charge is 0.297 e. The molecule has 0 bridgehead atoms. The molecule has 2 heterocycles. The minimum atomic E-state index is 0.559. The third kappa shape index (κ3) is 3.33. The number of hydrogen-bond acceptors (Lipinski definition) is 4. The molecule has 0 N–H and O–H groups in total. The molecule has 0 aliphatic carbocycles. The first-order valence-corrected chi connectivity index (χ1v) is 8.27. The van der Waals surface area contributed by atoms with Crippen molar-refractivity contribution in [3.63, 3.8) is 0 Å². The number of imidazole rings is 1. The first kappa shape index (κ1) is 15.3. The predicted molar refractivity (Wildman–Crippen MR) is 86.4 cm³/mol. The van der Waals surface area contributed by atoms with E-state index in [0.29, 0.717) is 6.04 Å². The van der Waals surface area contributed by atoms with Gasteiger partial charge in [0, 0.05) is 29.7 Å². The van der Waals surface area contributed by atoms with Crippen LogP contribution in [0, 0.1) is 13.8 Å². The molecular weight excluding hydrogens is 268 g/mol. The van der Waals surface area contributed by atoms with Gasteiger partial charge in [0.15, 0.2) is 0 Å². The van der Waals surface area contributed by atoms with E-state index in [1.54, 1.807) is 0 Å². The van der Waals surface area contributed by atoms with Gasteiger partial charge in [0.05, 0.1) is 11.9 Å². The zero-order chi connectivity index (χ0) is 14.7. The molecule has 5 heteroatoms. The molecule has 0 spiro atoms. The molecular formula is C15H24N4S. The number of aryl methyl sites for hydroxylation is 2. The van der Waals surface area contributed by atoms with Crippen LogP contribution in [0.5, 0.6) is 0 Å². The minimum Gasteiger partial charge on any atom is -0.297 e. The Bertz CT molecular complexity index is 579. The van der Waals surface area contributed by atoms with Crippen LogP contribution in [0.2, 0.25) is 0 Å². The molecule has 2 aromatic rings. The van der Waals surface area contributed by atoms with Crippen molar-refractivity contribution in [2.75, 3.05) is 18.6 Å². The van der Waals surface area contributed by atoms with Crippen molar-refractivity contribution in [2.45, 2.75) is 40.3 Å². The average molecular weight is 292 g/mol. The normalized spacial score (nSPS) is 13.3. The monoisotopic (exact) mass is 292 g/mol. The van der Waals surface area contributed by atoms with Crippen LogP contribution in [0.1, 0.15) is 30.9 Å². The molecule has 2 aromatic heterocycles. The van der Waals surface area contributed by atoms with Gasteiger partial charge in [0.25, 0.3) is 0 Å². The zero-order valence-electron chi connectivity index (χ0n) is 13.1. The van der Waals surface area contributed by atoms with Gasteiger partial charge in [-0.1, -0.05) is 6.92 Å². The number of fused-ring (bicyclic) bond motifs is 1. The molecule has 0 radical (unpaired) electrons. The van der Waals surface area contributed by atoms with E-state index in [1.165, 1.54) is 22.9 Å². The number of aromatic nitrogens is 3. The lowest BCUT2D eigenvalue weighted by Crippen LogP contribution is -2.31. The first-order valence-electron chi connectivity index (χ1n) is 7.11. The summed E-state index contributed by atoms with van der Waals surface area (Å²) >= 11 is 1.99. The quantitative estimate of drug-likeness (QED) is 0.819. The van der Waals surface area contributed by atoms with Crippen molar-refractivity contribution in [2.24, 2.45) is 0 Å². The van der Waals surface area contributed by atoms with E-state index in [4.69, 9.17) is 0 Å². The molecule has 0 aliphatic rings. The summed E-state index contributed by atoms with van der Waals surface area (Å²) in [6.07, 6.45) is 1.95. The lowest BCUT2D eigenvalue weighted by Gasteiger charge is -2.24. The van der Waals surface area contributed by atoms with Crippen LogP contribution in [0.3, 0.4) is 0 Å². The van der Waals surface area contributed by atoms with Crippen molar-refractivity contribution >= 4 is 17.5 Å². The summed E-state index contributed by atoms with van der Waals surface area (Å²) in [5.41, 5.74) is 3.43. The van der Waals surface area contributed by atoms with Gasteiger partial charge in [-0.2, -0.15) is 11.8 Å². The summed E-state index contributed by atoms with van der Waals surface area (Å²) in [4.78, 5) is 11.3. The SMILES string of the molecule is CCSC[C@H](C)N(C)Cc1cnc2nc(C)cc(C)n12. The van der Waals surface area contributed by atoms with Crippen molar-refractivity contribution in [1.82, 2.24) is 19.3 Å². The summed E-state index contributed by atoms with van der Waals surface area (Å²) in [7, 11) is 2.18. The standard InChI is InChI=1S/C15H24N4S/c1-6-20-10-13(4)18(5)9-14-8-16-15-17-11(2)7-12(3)19(14)15/h7-8,13H,6,9-10H2,1-5H3/t13-/m0/s1. The Balaban J connectivity index is 2.17. The number of nitrogens with zero attached hydrogens (tertiary/aromatic N) is 4. The van der Waals surface area contributed by atoms with E-state index in [2.05, 4.69) is 53.2 Å². The van der Waals surface area contributed by atoms with E-state index in [9.17, 15) is 0 Å². The number of hydrogen-bond donors (Lipinski definition) is 0. The van der Waals surface area contributed by atoms with E-state index >= 15 is 0 Å². The van der Waals surface area contributed by atoms with E-state index in [1.807, 2.05) is 24.9 Å². The van der Waals surface area contributed by atoms with Crippen molar-refractivity contribution in [3.05, 3.63) is 29.3 Å². The van der Waals surface area contributed by atoms with Gasteiger partial charge < -0.3 is 0 Å². The molecule has 1 atom stereocenters. The molecule has 0 unspecified atom stereocenters. The van der Waals surface area contributed by atoms with Crippen molar-refractivity contribution in [3.8, 4) is 0 Å². The van der Waals surface area contributed by atoms with Crippen LogP contribution < -0.4 is 0 Å². The number of thioether (sulfide) groups is 1. The molecule has 4 nitrogen and oxygen atoms in total. The molecule has 0 saturated carbocycles. The summed E-state index contributed by atoms with van der Waals surface area (Å²) in [6.45, 7) is 9.51. The van der Waals surface area contributed by atoms with E-state index in [0.717, 1.165) is 18.0 Å². The third-order valence-corrected chi connectivity index (χ3v) is 4.72. The fraction of sp³-hybridized carbons (Fsp3) is 0.600. The Labute approximate surface area is 125 Å². The summed E-state index contributed by atoms with van der Waals surface area (Å²) in [5.74, 6) is 3.15. The zero-order valence-corrected chi connectivity index (χ0v) is 13.9. The van der Waals surface area contributed by atoms with Gasteiger partial charge in [-0.25, -0.2) is 9.97 Å². The molecule has 20 heavy (non-hydrogen) atoms. The van der Waals surface area contributed by atoms with Crippen LogP contribution in [0.4, 0.5) is 0 Å². The second kappa shape index (κ2) is 6.59. The van der Waals surface area contributed by atoms with Gasteiger partial charge in [-0.15, -0.1) is 0 Å². The maximum Gasteiger partial charge on any atom is 0.234 e. The molecule has 0 aliphatic heterocycles. The fourth-order valence-corrected chi connectivity index (χ4v) is 3.17. The van der Waals surface area contributed by atoms with Gasteiger partial charge in [0.1, 0.15) is 0 Å². The Morgan fingerprint density at radius 1 is 1.40 bits per heavy atom. The van der Waals surface area contributed by atoms with E-state index in [-0.39, 0.29) is 0 Å². The Hall–Kier alpha value is -1.07. The molecule has 0 aromatic carbocycles. The van der Waals surface area contributed by atoms with Gasteiger partial charge in [-0.05, 0) is 39.6 Å². The Morgan fingerprint density at radius 3 is 2.85 bits per heavy atom. The lowest BCUT2D eigenvalue weighted by atomic mass is 10.3. The predicted octanol–water partition coefficient (Wildman–Crippen LogP) is 2.92. The molecule has 0 fully saturated rings. The highest BCUT2D eigenvalue weighted by atomic mass is 32.2. The summed E-state index contributed by atoms with van der Waals surface area (Å²) < 4.78 is 2.16. The Morgan fingerprint density at radius 2 is 2.15 bits per heavy atom. The summed E-state index contributed by atoms with van der Waals surface area (Å²) in [6, 6.07) is 2.67. The molecule has 110 valence electrons. The fourth-order valence-electron chi connectivity index (χ4n) is 2.33. The molecule has 0 saturated heterocycles. The van der Waals surface area contributed by atoms with Gasteiger partial charge >= 0.3 is 0 Å². The highest BCUT2D eigenvalue weighted by Crippen LogP contribution is 2.14. The van der Waals surface area contributed by atoms with Gasteiger partial charge in [-0.3, -0.25) is 9.30 Å². The van der Waals surface area contributed by atoms with Crippen LogP contribution in [0.15, 0.2) is 12.3 Å². The van der Waals surface area contributed by atoms with Crippen LogP contribution >= 0.6 is 11.8 Å². The Kier molecular flexibility index (Phi) is 5.05. The highest BCUT2D eigenvalue weighted by Gasteiger charge is 2.13. The first-order chi connectivity index (χ1) is 9.52. The second-order valence-corrected chi connectivity index (χ2v) is 6.67. The maximum atomic E-state index is 4.49. The maximum absolute atomic E-state index is 4.49. The smallest absolute Gasteiger partial charge is 0.234 e. The van der Waals surface area contributed by atoms with Crippen molar-refractivity contribution < 1.29 is 0 Å². The van der Waals surface area contributed by atoms with Crippen LogP contribution in [0.25, 0.3) is 5.78 Å². The third-order valence-electron chi connectivity index (χ3n) is 3.59. The van der Waals surface area contributed by atoms with Crippen LogP contribution in [-0.4, -0.2) is 43.9 Å².